The fourth-order valence-corrected chi connectivity index (χ4v) is 2.08. The van der Waals surface area contributed by atoms with Crippen molar-refractivity contribution in [3.05, 3.63) is 0 Å². The number of nitrogens with zero attached hydrogens (tertiary/aromatic N) is 1. The molecule has 0 aliphatic heterocycles. The molecule has 0 bridgehead atoms. The van der Waals surface area contributed by atoms with Gasteiger partial charge in [-0.2, -0.15) is 0 Å². The summed E-state index contributed by atoms with van der Waals surface area (Å²) in [5.74, 6) is 0. The van der Waals surface area contributed by atoms with Crippen molar-refractivity contribution >= 4 is 0 Å². The van der Waals surface area contributed by atoms with E-state index in [0.29, 0.717) is 5.41 Å². The van der Waals surface area contributed by atoms with Gasteiger partial charge >= 0.3 is 0 Å². The molecule has 1 unspecified atom stereocenters. The zero-order valence-corrected chi connectivity index (χ0v) is 9.65. The molecule has 0 saturated carbocycles. The first-order valence-corrected chi connectivity index (χ1v) is 5.21. The van der Waals surface area contributed by atoms with Crippen LogP contribution in [0.5, 0.6) is 0 Å². The van der Waals surface area contributed by atoms with Crippen LogP contribution in [0.2, 0.25) is 0 Å². The number of rotatable bonds is 4. The van der Waals surface area contributed by atoms with Gasteiger partial charge in [0.15, 0.2) is 0 Å². The summed E-state index contributed by atoms with van der Waals surface area (Å²) in [7, 11) is 0. The van der Waals surface area contributed by atoms with E-state index in [4.69, 9.17) is 0 Å². The van der Waals surface area contributed by atoms with Crippen LogP contribution in [-0.4, -0.2) is 24.0 Å². The molecule has 0 fully saturated rings. The monoisotopic (exact) mass is 171 g/mol. The van der Waals surface area contributed by atoms with E-state index in [0.717, 1.165) is 6.04 Å². The van der Waals surface area contributed by atoms with Crippen molar-refractivity contribution < 1.29 is 0 Å². The SMILES string of the molecule is CCC(N(CC)CC)C(C)(C)C. The molecule has 1 nitrogen and oxygen atoms in total. The van der Waals surface area contributed by atoms with Gasteiger partial charge in [-0.15, -0.1) is 0 Å². The van der Waals surface area contributed by atoms with E-state index in [1.807, 2.05) is 0 Å². The first kappa shape index (κ1) is 12.0. The molecule has 1 heteroatoms. The summed E-state index contributed by atoms with van der Waals surface area (Å²) in [4.78, 5) is 2.56. The van der Waals surface area contributed by atoms with Gasteiger partial charge in [0, 0.05) is 6.04 Å². The molecule has 0 aliphatic carbocycles. The van der Waals surface area contributed by atoms with Gasteiger partial charge < -0.3 is 4.90 Å². The Morgan fingerprint density at radius 1 is 1.00 bits per heavy atom. The molecule has 0 aromatic carbocycles. The summed E-state index contributed by atoms with van der Waals surface area (Å²) in [6.45, 7) is 16.1. The minimum Gasteiger partial charge on any atom is -0.300 e. The van der Waals surface area contributed by atoms with E-state index < -0.39 is 0 Å². The van der Waals surface area contributed by atoms with Gasteiger partial charge in [-0.3, -0.25) is 0 Å². The minimum atomic E-state index is 0.417. The smallest absolute Gasteiger partial charge is 0.0141 e. The molecule has 0 radical (unpaired) electrons. The summed E-state index contributed by atoms with van der Waals surface area (Å²) < 4.78 is 0. The number of hydrogen-bond acceptors (Lipinski definition) is 1. The standard InChI is InChI=1S/C11H25N/c1-7-10(11(4,5)6)12(8-2)9-3/h10H,7-9H2,1-6H3. The molecular formula is C11H25N. The molecular weight excluding hydrogens is 146 g/mol. The number of hydrogen-bond donors (Lipinski definition) is 0. The van der Waals surface area contributed by atoms with Gasteiger partial charge in [0.25, 0.3) is 0 Å². The quantitative estimate of drug-likeness (QED) is 0.628. The third-order valence-corrected chi connectivity index (χ3v) is 2.64. The van der Waals surface area contributed by atoms with E-state index in [2.05, 4.69) is 46.4 Å². The van der Waals surface area contributed by atoms with Crippen LogP contribution in [0.4, 0.5) is 0 Å². The summed E-state index contributed by atoms with van der Waals surface area (Å²) >= 11 is 0. The van der Waals surface area contributed by atoms with E-state index in [1.54, 1.807) is 0 Å². The molecule has 0 aromatic rings. The first-order chi connectivity index (χ1) is 5.47. The van der Waals surface area contributed by atoms with Crippen molar-refractivity contribution in [3.63, 3.8) is 0 Å². The van der Waals surface area contributed by atoms with Gasteiger partial charge in [0.1, 0.15) is 0 Å². The third-order valence-electron chi connectivity index (χ3n) is 2.64. The summed E-state index contributed by atoms with van der Waals surface area (Å²) in [5.41, 5.74) is 0.417. The van der Waals surface area contributed by atoms with Crippen molar-refractivity contribution in [1.29, 1.82) is 0 Å². The van der Waals surface area contributed by atoms with Crippen molar-refractivity contribution in [3.8, 4) is 0 Å². The maximum absolute atomic E-state index is 2.56. The van der Waals surface area contributed by atoms with Crippen LogP contribution in [0, 0.1) is 5.41 Å². The zero-order valence-electron chi connectivity index (χ0n) is 9.65. The van der Waals surface area contributed by atoms with Crippen molar-refractivity contribution in [2.24, 2.45) is 5.41 Å². The van der Waals surface area contributed by atoms with Gasteiger partial charge in [0.2, 0.25) is 0 Å². The molecule has 0 N–H and O–H groups in total. The van der Waals surface area contributed by atoms with E-state index >= 15 is 0 Å². The van der Waals surface area contributed by atoms with Crippen molar-refractivity contribution in [1.82, 2.24) is 4.90 Å². The third kappa shape index (κ3) is 3.14. The fraction of sp³-hybridized carbons (Fsp3) is 1.00. The second kappa shape index (κ2) is 4.86. The van der Waals surface area contributed by atoms with Crippen LogP contribution >= 0.6 is 0 Å². The summed E-state index contributed by atoms with van der Waals surface area (Å²) in [6, 6.07) is 0.729. The zero-order chi connectivity index (χ0) is 9.78. The molecule has 0 spiro atoms. The van der Waals surface area contributed by atoms with Gasteiger partial charge in [-0.1, -0.05) is 41.5 Å². The Balaban J connectivity index is 4.31. The second-order valence-electron chi connectivity index (χ2n) is 4.51. The van der Waals surface area contributed by atoms with Crippen LogP contribution in [0.3, 0.4) is 0 Å². The molecule has 0 rings (SSSR count). The molecule has 0 aromatic heterocycles. The Bertz CT molecular complexity index is 109. The first-order valence-electron chi connectivity index (χ1n) is 5.21. The summed E-state index contributed by atoms with van der Waals surface area (Å²) in [6.07, 6.45) is 1.26. The Hall–Kier alpha value is -0.0400. The van der Waals surface area contributed by atoms with Crippen LogP contribution in [0.25, 0.3) is 0 Å². The van der Waals surface area contributed by atoms with E-state index in [9.17, 15) is 0 Å². The van der Waals surface area contributed by atoms with Crippen molar-refractivity contribution in [2.45, 2.75) is 54.0 Å². The van der Waals surface area contributed by atoms with E-state index in [-0.39, 0.29) is 0 Å². The predicted octanol–water partition coefficient (Wildman–Crippen LogP) is 3.15. The van der Waals surface area contributed by atoms with Crippen LogP contribution in [0.15, 0.2) is 0 Å². The second-order valence-corrected chi connectivity index (χ2v) is 4.51. The normalized spacial score (nSPS) is 15.2. The molecule has 74 valence electrons. The van der Waals surface area contributed by atoms with Crippen LogP contribution in [-0.2, 0) is 0 Å². The molecule has 0 amide bonds. The maximum Gasteiger partial charge on any atom is 0.0141 e. The highest BCUT2D eigenvalue weighted by molar-refractivity contribution is 4.80. The van der Waals surface area contributed by atoms with Gasteiger partial charge in [0.05, 0.1) is 0 Å². The average Bonchev–Trinajstić information content (AvgIpc) is 1.97. The lowest BCUT2D eigenvalue weighted by atomic mass is 9.84. The highest BCUT2D eigenvalue weighted by Gasteiger charge is 2.26. The van der Waals surface area contributed by atoms with E-state index in [1.165, 1.54) is 19.5 Å². The van der Waals surface area contributed by atoms with Crippen molar-refractivity contribution in [2.75, 3.05) is 13.1 Å². The Morgan fingerprint density at radius 2 is 1.42 bits per heavy atom. The predicted molar refractivity (Wildman–Crippen MR) is 56.5 cm³/mol. The molecule has 0 heterocycles. The molecule has 1 atom stereocenters. The Morgan fingerprint density at radius 3 is 1.50 bits per heavy atom. The fourth-order valence-electron chi connectivity index (χ4n) is 2.08. The van der Waals surface area contributed by atoms with Gasteiger partial charge in [-0.25, -0.2) is 0 Å². The lowest BCUT2D eigenvalue weighted by molar-refractivity contribution is 0.106. The topological polar surface area (TPSA) is 3.24 Å². The van der Waals surface area contributed by atoms with Crippen LogP contribution < -0.4 is 0 Å². The Kier molecular flexibility index (Phi) is 4.84. The molecule has 0 saturated heterocycles. The Labute approximate surface area is 78.1 Å². The highest BCUT2D eigenvalue weighted by Crippen LogP contribution is 2.26. The lowest BCUT2D eigenvalue weighted by Crippen LogP contribution is -2.43. The highest BCUT2D eigenvalue weighted by atomic mass is 15.2. The summed E-state index contributed by atoms with van der Waals surface area (Å²) in [5, 5.41) is 0. The largest absolute Gasteiger partial charge is 0.300 e. The minimum absolute atomic E-state index is 0.417. The molecule has 12 heavy (non-hydrogen) atoms. The lowest BCUT2D eigenvalue weighted by Gasteiger charge is -2.38. The van der Waals surface area contributed by atoms with Gasteiger partial charge in [-0.05, 0) is 24.9 Å². The molecule has 0 aliphatic rings. The van der Waals surface area contributed by atoms with Crippen LogP contribution in [0.1, 0.15) is 48.0 Å². The maximum atomic E-state index is 2.56. The average molecular weight is 171 g/mol.